The summed E-state index contributed by atoms with van der Waals surface area (Å²) < 4.78 is 0. The molecule has 0 fully saturated rings. The third-order valence-corrected chi connectivity index (χ3v) is 4.86. The van der Waals surface area contributed by atoms with E-state index in [1.54, 1.807) is 0 Å². The highest BCUT2D eigenvalue weighted by Gasteiger charge is 2.36. The maximum atomic E-state index is 3.16. The third-order valence-electron chi connectivity index (χ3n) is 3.97. The molecule has 1 unspecified atom stereocenters. The first-order valence-electron chi connectivity index (χ1n) is 6.95. The highest BCUT2D eigenvalue weighted by atomic mass is 31.0. The Balaban J connectivity index is 4.88. The van der Waals surface area contributed by atoms with Crippen LogP contribution >= 0.6 is 9.12 Å². The van der Waals surface area contributed by atoms with Crippen LogP contribution in [-0.4, -0.2) is 6.43 Å². The molecule has 0 radical (unpaired) electrons. The van der Waals surface area contributed by atoms with Gasteiger partial charge in [0, 0.05) is 0 Å². The van der Waals surface area contributed by atoms with Crippen molar-refractivity contribution in [3.05, 3.63) is 0 Å². The van der Waals surface area contributed by atoms with Crippen LogP contribution in [0.2, 0.25) is 11.6 Å². The van der Waals surface area contributed by atoms with Crippen LogP contribution in [0.4, 0.5) is 0 Å². The molecule has 0 saturated carbocycles. The van der Waals surface area contributed by atoms with Crippen molar-refractivity contribution in [3.8, 4) is 0 Å². The molecule has 0 N–H and O–H groups in total. The SMILES string of the molecule is CC(C)C(B(P)C(C(C)C)C(C)C)C(C)C. The molecular weight excluding hydrogens is 210 g/mol. The van der Waals surface area contributed by atoms with Crippen LogP contribution < -0.4 is 0 Å². The average molecular weight is 242 g/mol. The lowest BCUT2D eigenvalue weighted by Gasteiger charge is -2.37. The van der Waals surface area contributed by atoms with Crippen LogP contribution in [0.1, 0.15) is 55.4 Å². The summed E-state index contributed by atoms with van der Waals surface area (Å²) in [6.07, 6.45) is 0.750. The van der Waals surface area contributed by atoms with Gasteiger partial charge in [-0.25, -0.2) is 0 Å². The lowest BCUT2D eigenvalue weighted by Crippen LogP contribution is -2.33. The lowest BCUT2D eigenvalue weighted by atomic mass is 9.42. The van der Waals surface area contributed by atoms with Crippen LogP contribution in [0.3, 0.4) is 0 Å². The second kappa shape index (κ2) is 7.05. The Hall–Kier alpha value is 0.495. The quantitative estimate of drug-likeness (QED) is 0.442. The van der Waals surface area contributed by atoms with Crippen molar-refractivity contribution >= 4 is 15.6 Å². The summed E-state index contributed by atoms with van der Waals surface area (Å²) in [6, 6.07) is 0. The van der Waals surface area contributed by atoms with E-state index in [1.165, 1.54) is 0 Å². The molecule has 0 aromatic rings. The normalized spacial score (nSPS) is 12.9. The highest BCUT2D eigenvalue weighted by molar-refractivity contribution is 7.62. The molecule has 0 aromatic heterocycles. The summed E-state index contributed by atoms with van der Waals surface area (Å²) in [5.74, 6) is 4.76. The maximum Gasteiger partial charge on any atom is 0.171 e. The Kier molecular flexibility index (Phi) is 7.26. The van der Waals surface area contributed by atoms with Crippen molar-refractivity contribution in [2.75, 3.05) is 0 Å². The predicted octanol–water partition coefficient (Wildman–Crippen LogP) is 5.22. The van der Waals surface area contributed by atoms with E-state index in [0.29, 0.717) is 0 Å². The molecule has 1 atom stereocenters. The second-order valence-electron chi connectivity index (χ2n) is 6.71. The van der Waals surface area contributed by atoms with Crippen molar-refractivity contribution in [2.45, 2.75) is 67.0 Å². The van der Waals surface area contributed by atoms with Crippen molar-refractivity contribution < 1.29 is 0 Å². The van der Waals surface area contributed by atoms with Crippen LogP contribution in [0, 0.1) is 23.7 Å². The molecule has 96 valence electrons. The van der Waals surface area contributed by atoms with Crippen LogP contribution in [0.25, 0.3) is 0 Å². The largest absolute Gasteiger partial charge is 0.171 e. The number of hydrogen-bond donors (Lipinski definition) is 0. The number of rotatable bonds is 6. The Morgan fingerprint density at radius 1 is 0.562 bits per heavy atom. The van der Waals surface area contributed by atoms with Gasteiger partial charge < -0.3 is 0 Å². The van der Waals surface area contributed by atoms with E-state index < -0.39 is 0 Å². The molecule has 2 heteroatoms. The highest BCUT2D eigenvalue weighted by Crippen LogP contribution is 2.44. The van der Waals surface area contributed by atoms with E-state index in [0.717, 1.165) is 41.7 Å². The molecule has 0 saturated heterocycles. The molecular formula is C14H32BP. The van der Waals surface area contributed by atoms with Crippen LogP contribution in [-0.2, 0) is 0 Å². The van der Waals surface area contributed by atoms with Crippen LogP contribution in [0.15, 0.2) is 0 Å². The fourth-order valence-corrected chi connectivity index (χ4v) is 5.35. The second-order valence-corrected chi connectivity index (χ2v) is 7.48. The minimum atomic E-state index is 0.750. The Bertz CT molecular complexity index is 151. The molecule has 16 heavy (non-hydrogen) atoms. The van der Waals surface area contributed by atoms with Crippen molar-refractivity contribution in [2.24, 2.45) is 23.7 Å². The van der Waals surface area contributed by atoms with Gasteiger partial charge >= 0.3 is 0 Å². The van der Waals surface area contributed by atoms with Gasteiger partial charge in [-0.3, -0.25) is 0 Å². The van der Waals surface area contributed by atoms with E-state index in [4.69, 9.17) is 0 Å². The fraction of sp³-hybridized carbons (Fsp3) is 1.00. The third kappa shape index (κ3) is 4.40. The smallest absolute Gasteiger partial charge is 0.170 e. The minimum Gasteiger partial charge on any atom is -0.170 e. The van der Waals surface area contributed by atoms with Gasteiger partial charge in [-0.1, -0.05) is 90.7 Å². The molecule has 0 aliphatic heterocycles. The molecule has 0 aliphatic rings. The molecule has 0 bridgehead atoms. The fourth-order valence-electron chi connectivity index (χ4n) is 3.57. The van der Waals surface area contributed by atoms with Crippen molar-refractivity contribution in [1.82, 2.24) is 0 Å². The first-order valence-corrected chi connectivity index (χ1v) is 7.62. The van der Waals surface area contributed by atoms with Gasteiger partial charge in [0.05, 0.1) is 0 Å². The maximum absolute atomic E-state index is 3.16. The molecule has 0 rings (SSSR count). The van der Waals surface area contributed by atoms with Gasteiger partial charge in [-0.05, 0) is 0 Å². The van der Waals surface area contributed by atoms with E-state index >= 15 is 0 Å². The Morgan fingerprint density at radius 2 is 0.750 bits per heavy atom. The predicted molar refractivity (Wildman–Crippen MR) is 82.3 cm³/mol. The molecule has 0 aromatic carbocycles. The summed E-state index contributed by atoms with van der Waals surface area (Å²) >= 11 is 0. The van der Waals surface area contributed by atoms with Crippen LogP contribution in [0.5, 0.6) is 0 Å². The monoisotopic (exact) mass is 242 g/mol. The van der Waals surface area contributed by atoms with Gasteiger partial charge in [-0.15, -0.1) is 0 Å². The summed E-state index contributed by atoms with van der Waals surface area (Å²) in [4.78, 5) is 0. The van der Waals surface area contributed by atoms with E-state index in [-0.39, 0.29) is 0 Å². The summed E-state index contributed by atoms with van der Waals surface area (Å²) in [5, 5.41) is 0. The first-order chi connectivity index (χ1) is 7.20. The van der Waals surface area contributed by atoms with Gasteiger partial charge in [0.1, 0.15) is 0 Å². The lowest BCUT2D eigenvalue weighted by molar-refractivity contribution is 0.418. The zero-order valence-corrected chi connectivity index (χ0v) is 13.8. The minimum absolute atomic E-state index is 0.750. The van der Waals surface area contributed by atoms with E-state index in [2.05, 4.69) is 64.5 Å². The van der Waals surface area contributed by atoms with E-state index in [1.807, 2.05) is 0 Å². The standard InChI is InChI=1S/C14H32BP/c1-9(2)13(10(3)4)15(16)14(11(5)6)12(7)8/h9-14H,16H2,1-8H3. The zero-order chi connectivity index (χ0) is 13.0. The number of hydrogen-bond acceptors (Lipinski definition) is 0. The van der Waals surface area contributed by atoms with Gasteiger partial charge in [-0.2, -0.15) is 9.12 Å². The average Bonchev–Trinajstić information content (AvgIpc) is 1.99. The molecule has 0 heterocycles. The molecule has 0 nitrogen and oxygen atoms in total. The van der Waals surface area contributed by atoms with Gasteiger partial charge in [0.15, 0.2) is 6.43 Å². The first kappa shape index (κ1) is 16.5. The van der Waals surface area contributed by atoms with Crippen molar-refractivity contribution in [1.29, 1.82) is 0 Å². The molecule has 0 aliphatic carbocycles. The zero-order valence-electron chi connectivity index (χ0n) is 12.6. The summed E-state index contributed by atoms with van der Waals surface area (Å²) in [5.41, 5.74) is 0. The Labute approximate surface area is 107 Å². The topological polar surface area (TPSA) is 0 Å². The van der Waals surface area contributed by atoms with Crippen molar-refractivity contribution in [3.63, 3.8) is 0 Å². The summed E-state index contributed by atoms with van der Waals surface area (Å²) in [7, 11) is 3.16. The van der Waals surface area contributed by atoms with Gasteiger partial charge in [0.25, 0.3) is 0 Å². The summed E-state index contributed by atoms with van der Waals surface area (Å²) in [6.45, 7) is 19.0. The molecule has 0 amide bonds. The molecule has 0 spiro atoms. The van der Waals surface area contributed by atoms with Gasteiger partial charge in [0.2, 0.25) is 0 Å². The van der Waals surface area contributed by atoms with E-state index in [9.17, 15) is 0 Å². The Morgan fingerprint density at radius 3 is 0.875 bits per heavy atom.